The summed E-state index contributed by atoms with van der Waals surface area (Å²) in [6.07, 6.45) is 3.51. The third-order valence-corrected chi connectivity index (χ3v) is 4.39. The second-order valence-corrected chi connectivity index (χ2v) is 6.28. The minimum absolute atomic E-state index is 0.0949. The lowest BCUT2D eigenvalue weighted by Gasteiger charge is -2.34. The van der Waals surface area contributed by atoms with Crippen molar-refractivity contribution in [2.45, 2.75) is 18.9 Å². The number of nitrogens with one attached hydrogen (secondary N) is 1. The fourth-order valence-corrected chi connectivity index (χ4v) is 2.86. The molecule has 0 saturated carbocycles. The van der Waals surface area contributed by atoms with E-state index in [1.807, 2.05) is 0 Å². The zero-order chi connectivity index (χ0) is 18.7. The second kappa shape index (κ2) is 7.65. The summed E-state index contributed by atoms with van der Waals surface area (Å²) < 4.78 is 7.11. The van der Waals surface area contributed by atoms with Crippen LogP contribution in [-0.2, 0) is 21.4 Å². The summed E-state index contributed by atoms with van der Waals surface area (Å²) in [5.41, 5.74) is 0.166. The molecule has 0 bridgehead atoms. The third kappa shape index (κ3) is 3.90. The van der Waals surface area contributed by atoms with Gasteiger partial charge >= 0.3 is 0 Å². The van der Waals surface area contributed by atoms with Crippen molar-refractivity contribution in [1.82, 2.24) is 19.5 Å². The standard InChI is InChI=1S/C16H22N6O4/c1-20-6-5-17-14(16(20)25)18-9-11-10-22(7-8-26-11)15(24)12-3-4-13(23)21(2)19-12/h5-6,11H,3-4,7-10H2,1-2H3,(H,17,18)/t11-/m1/s1. The van der Waals surface area contributed by atoms with Gasteiger partial charge in [0.15, 0.2) is 5.82 Å². The molecule has 1 atom stereocenters. The number of aromatic nitrogens is 2. The van der Waals surface area contributed by atoms with Crippen LogP contribution in [0.1, 0.15) is 12.8 Å². The maximum Gasteiger partial charge on any atom is 0.293 e. The Morgan fingerprint density at radius 2 is 2.15 bits per heavy atom. The number of amides is 2. The van der Waals surface area contributed by atoms with Crippen molar-refractivity contribution >= 4 is 23.3 Å². The quantitative estimate of drug-likeness (QED) is 0.738. The lowest BCUT2D eigenvalue weighted by atomic mass is 10.1. The van der Waals surface area contributed by atoms with E-state index >= 15 is 0 Å². The molecular weight excluding hydrogens is 340 g/mol. The van der Waals surface area contributed by atoms with E-state index in [1.54, 1.807) is 31.4 Å². The fraction of sp³-hybridized carbons (Fsp3) is 0.562. The van der Waals surface area contributed by atoms with Gasteiger partial charge in [0.05, 0.1) is 12.7 Å². The van der Waals surface area contributed by atoms with Crippen LogP contribution in [0.5, 0.6) is 0 Å². The van der Waals surface area contributed by atoms with Crippen LogP contribution < -0.4 is 10.9 Å². The van der Waals surface area contributed by atoms with Crippen molar-refractivity contribution in [1.29, 1.82) is 0 Å². The summed E-state index contributed by atoms with van der Waals surface area (Å²) in [6, 6.07) is 0. The van der Waals surface area contributed by atoms with Crippen molar-refractivity contribution in [2.75, 3.05) is 38.6 Å². The van der Waals surface area contributed by atoms with Crippen molar-refractivity contribution in [3.63, 3.8) is 0 Å². The van der Waals surface area contributed by atoms with E-state index < -0.39 is 0 Å². The van der Waals surface area contributed by atoms with Crippen molar-refractivity contribution < 1.29 is 14.3 Å². The number of carbonyl (C=O) groups excluding carboxylic acids is 2. The van der Waals surface area contributed by atoms with Gasteiger partial charge in [0.25, 0.3) is 11.5 Å². The van der Waals surface area contributed by atoms with Gasteiger partial charge in [-0.1, -0.05) is 0 Å². The lowest BCUT2D eigenvalue weighted by Crippen LogP contribution is -2.51. The van der Waals surface area contributed by atoms with Gasteiger partial charge in [-0.3, -0.25) is 14.4 Å². The Balaban J connectivity index is 1.60. The first-order valence-corrected chi connectivity index (χ1v) is 8.46. The molecule has 1 N–H and O–H groups in total. The van der Waals surface area contributed by atoms with E-state index in [9.17, 15) is 14.4 Å². The molecule has 26 heavy (non-hydrogen) atoms. The molecule has 0 unspecified atom stereocenters. The molecule has 2 aliphatic rings. The van der Waals surface area contributed by atoms with Crippen molar-refractivity contribution in [3.8, 4) is 0 Å². The fourth-order valence-electron chi connectivity index (χ4n) is 2.86. The first kappa shape index (κ1) is 18.1. The highest BCUT2D eigenvalue weighted by Gasteiger charge is 2.30. The largest absolute Gasteiger partial charge is 0.373 e. The molecule has 10 heteroatoms. The topological polar surface area (TPSA) is 109 Å². The maximum absolute atomic E-state index is 12.6. The van der Waals surface area contributed by atoms with Gasteiger partial charge in [-0.2, -0.15) is 5.10 Å². The molecule has 2 aliphatic heterocycles. The number of nitrogens with zero attached hydrogens (tertiary/aromatic N) is 5. The first-order valence-electron chi connectivity index (χ1n) is 8.46. The van der Waals surface area contributed by atoms with Gasteiger partial charge in [0.2, 0.25) is 5.91 Å². The van der Waals surface area contributed by atoms with E-state index in [0.29, 0.717) is 44.8 Å². The van der Waals surface area contributed by atoms with Gasteiger partial charge in [0.1, 0.15) is 5.71 Å². The molecule has 0 radical (unpaired) electrons. The average Bonchev–Trinajstić information content (AvgIpc) is 2.65. The van der Waals surface area contributed by atoms with Gasteiger partial charge in [-0.25, -0.2) is 9.99 Å². The zero-order valence-corrected chi connectivity index (χ0v) is 14.8. The predicted octanol–water partition coefficient (Wildman–Crippen LogP) is -0.972. The molecule has 1 aromatic rings. The minimum Gasteiger partial charge on any atom is -0.373 e. The highest BCUT2D eigenvalue weighted by molar-refractivity contribution is 6.39. The van der Waals surface area contributed by atoms with Gasteiger partial charge in [-0.05, 0) is 0 Å². The van der Waals surface area contributed by atoms with Gasteiger partial charge < -0.3 is 19.5 Å². The minimum atomic E-state index is -0.261. The molecule has 1 fully saturated rings. The monoisotopic (exact) mass is 362 g/mol. The Morgan fingerprint density at radius 1 is 1.35 bits per heavy atom. The molecule has 0 aromatic carbocycles. The van der Waals surface area contributed by atoms with E-state index in [2.05, 4.69) is 15.4 Å². The van der Waals surface area contributed by atoms with Crippen LogP contribution >= 0.6 is 0 Å². The number of rotatable bonds is 4. The van der Waals surface area contributed by atoms with E-state index in [4.69, 9.17) is 4.74 Å². The summed E-state index contributed by atoms with van der Waals surface area (Å²) >= 11 is 0. The number of hydrogen-bond acceptors (Lipinski definition) is 7. The van der Waals surface area contributed by atoms with Crippen molar-refractivity contribution in [2.24, 2.45) is 12.1 Å². The van der Waals surface area contributed by atoms with Crippen LogP contribution in [0, 0.1) is 0 Å². The Bertz CT molecular complexity index is 789. The Labute approximate surface area is 150 Å². The van der Waals surface area contributed by atoms with Gasteiger partial charge in [-0.15, -0.1) is 0 Å². The normalized spacial score (nSPS) is 20.8. The molecule has 0 aliphatic carbocycles. The molecule has 2 amide bonds. The van der Waals surface area contributed by atoms with Crippen LogP contribution in [0.15, 0.2) is 22.3 Å². The smallest absolute Gasteiger partial charge is 0.293 e. The van der Waals surface area contributed by atoms with Crippen LogP contribution in [0.25, 0.3) is 0 Å². The molecule has 1 saturated heterocycles. The summed E-state index contributed by atoms with van der Waals surface area (Å²) in [7, 11) is 3.20. The lowest BCUT2D eigenvalue weighted by molar-refractivity contribution is -0.132. The van der Waals surface area contributed by atoms with Gasteiger partial charge in [0, 0.05) is 59.0 Å². The Morgan fingerprint density at radius 3 is 2.92 bits per heavy atom. The Kier molecular flexibility index (Phi) is 5.31. The van der Waals surface area contributed by atoms with E-state index in [-0.39, 0.29) is 29.3 Å². The molecular formula is C16H22N6O4. The summed E-state index contributed by atoms with van der Waals surface area (Å²) in [4.78, 5) is 41.8. The predicted molar refractivity (Wildman–Crippen MR) is 93.7 cm³/mol. The number of carbonyl (C=O) groups is 2. The molecule has 140 valence electrons. The third-order valence-electron chi connectivity index (χ3n) is 4.39. The van der Waals surface area contributed by atoms with E-state index in [0.717, 1.165) is 0 Å². The summed E-state index contributed by atoms with van der Waals surface area (Å²) in [5.74, 6) is -0.0206. The summed E-state index contributed by atoms with van der Waals surface area (Å²) in [6.45, 7) is 1.62. The Hall–Kier alpha value is -2.75. The molecule has 1 aromatic heterocycles. The number of hydrazone groups is 1. The highest BCUT2D eigenvalue weighted by Crippen LogP contribution is 2.12. The first-order chi connectivity index (χ1) is 12.5. The molecule has 10 nitrogen and oxygen atoms in total. The van der Waals surface area contributed by atoms with Crippen LogP contribution in [0.3, 0.4) is 0 Å². The average molecular weight is 362 g/mol. The highest BCUT2D eigenvalue weighted by atomic mass is 16.5. The zero-order valence-electron chi connectivity index (χ0n) is 14.8. The molecule has 0 spiro atoms. The number of morpholine rings is 1. The second-order valence-electron chi connectivity index (χ2n) is 6.28. The molecule has 3 rings (SSSR count). The van der Waals surface area contributed by atoms with Crippen LogP contribution in [-0.4, -0.2) is 76.4 Å². The van der Waals surface area contributed by atoms with Crippen LogP contribution in [0.2, 0.25) is 0 Å². The maximum atomic E-state index is 12.6. The number of ether oxygens (including phenoxy) is 1. The number of aryl methyl sites for hydroxylation is 1. The molecule has 3 heterocycles. The summed E-state index contributed by atoms with van der Waals surface area (Å²) in [5, 5.41) is 8.28. The van der Waals surface area contributed by atoms with Crippen molar-refractivity contribution in [3.05, 3.63) is 22.7 Å². The SMILES string of the molecule is CN1N=C(C(=O)N2CCO[C@H](CNc3nccn(C)c3=O)C2)CCC1=O. The van der Waals surface area contributed by atoms with E-state index in [1.165, 1.54) is 9.58 Å². The number of anilines is 1. The van der Waals surface area contributed by atoms with Crippen LogP contribution in [0.4, 0.5) is 5.82 Å². The number of hydrogen-bond donors (Lipinski definition) is 1.